The zero-order valence-corrected chi connectivity index (χ0v) is 15.0. The number of halogens is 1. The first kappa shape index (κ1) is 16.7. The van der Waals surface area contributed by atoms with Gasteiger partial charge in [-0.2, -0.15) is 0 Å². The lowest BCUT2D eigenvalue weighted by molar-refractivity contribution is -0.127. The number of rotatable bonds is 3. The summed E-state index contributed by atoms with van der Waals surface area (Å²) in [5.74, 6) is 0.236. The molecule has 1 aromatic carbocycles. The predicted molar refractivity (Wildman–Crippen MR) is 98.2 cm³/mol. The number of benzene rings is 1. The number of thiophene rings is 1. The molecule has 1 aliphatic heterocycles. The molecule has 1 aromatic heterocycles. The normalized spacial score (nSPS) is 25.1. The van der Waals surface area contributed by atoms with Crippen LogP contribution in [0.25, 0.3) is 10.1 Å². The molecule has 0 bridgehead atoms. The summed E-state index contributed by atoms with van der Waals surface area (Å²) < 4.78 is 1.30. The van der Waals surface area contributed by atoms with Gasteiger partial charge in [0.05, 0.1) is 5.41 Å². The van der Waals surface area contributed by atoms with Crippen LogP contribution in [-0.2, 0) is 11.3 Å². The molecule has 2 N–H and O–H groups in total. The van der Waals surface area contributed by atoms with Gasteiger partial charge in [-0.3, -0.25) is 4.79 Å². The summed E-state index contributed by atoms with van der Waals surface area (Å²) >= 11 is 1.76. The SMILES string of the molecule is CC1(C(=O)NCc2ccc3sccc3c2)CC12CCNCC2.Cl. The number of carbonyl (C=O) groups is 1. The minimum absolute atomic E-state index is 0. The molecule has 1 atom stereocenters. The minimum Gasteiger partial charge on any atom is -0.352 e. The highest BCUT2D eigenvalue weighted by Gasteiger charge is 2.67. The van der Waals surface area contributed by atoms with Crippen molar-refractivity contribution in [2.24, 2.45) is 10.8 Å². The van der Waals surface area contributed by atoms with Gasteiger partial charge in [-0.1, -0.05) is 13.0 Å². The lowest BCUT2D eigenvalue weighted by atomic mass is 9.85. The highest BCUT2D eigenvalue weighted by molar-refractivity contribution is 7.17. The molecule has 1 spiro atoms. The zero-order valence-electron chi connectivity index (χ0n) is 13.4. The average molecular weight is 351 g/mol. The van der Waals surface area contributed by atoms with Crippen molar-refractivity contribution in [3.05, 3.63) is 35.2 Å². The van der Waals surface area contributed by atoms with Gasteiger partial charge in [-0.15, -0.1) is 23.7 Å². The van der Waals surface area contributed by atoms with Crippen molar-refractivity contribution >= 4 is 39.7 Å². The van der Waals surface area contributed by atoms with Gasteiger partial charge in [-0.25, -0.2) is 0 Å². The van der Waals surface area contributed by atoms with Crippen molar-refractivity contribution < 1.29 is 4.79 Å². The third-order valence-electron chi connectivity index (χ3n) is 5.77. The summed E-state index contributed by atoms with van der Waals surface area (Å²) in [5.41, 5.74) is 1.30. The molecular formula is C18H23ClN2OS. The summed E-state index contributed by atoms with van der Waals surface area (Å²) in [6, 6.07) is 8.59. The number of amides is 1. The summed E-state index contributed by atoms with van der Waals surface area (Å²) in [4.78, 5) is 12.7. The van der Waals surface area contributed by atoms with Crippen LogP contribution in [0.1, 0.15) is 31.7 Å². The van der Waals surface area contributed by atoms with Gasteiger partial charge in [0.2, 0.25) is 5.91 Å². The van der Waals surface area contributed by atoms with E-state index in [1.165, 1.54) is 15.6 Å². The van der Waals surface area contributed by atoms with Crippen LogP contribution in [0, 0.1) is 10.8 Å². The Morgan fingerprint density at radius 3 is 2.87 bits per heavy atom. The maximum atomic E-state index is 12.7. The number of hydrogen-bond donors (Lipinski definition) is 2. The minimum atomic E-state index is -0.151. The van der Waals surface area contributed by atoms with E-state index < -0.39 is 0 Å². The summed E-state index contributed by atoms with van der Waals surface area (Å²) in [6.45, 7) is 4.89. The van der Waals surface area contributed by atoms with Crippen LogP contribution in [-0.4, -0.2) is 19.0 Å². The average Bonchev–Trinajstić information content (AvgIpc) is 2.90. The highest BCUT2D eigenvalue weighted by Crippen LogP contribution is 2.68. The van der Waals surface area contributed by atoms with Gasteiger partial charge in [0.1, 0.15) is 0 Å². The third-order valence-corrected chi connectivity index (χ3v) is 6.67. The second-order valence-corrected chi connectivity index (χ2v) is 7.96. The molecule has 1 aliphatic carbocycles. The quantitative estimate of drug-likeness (QED) is 0.885. The molecule has 3 nitrogen and oxygen atoms in total. The molecule has 1 unspecified atom stereocenters. The fourth-order valence-corrected chi connectivity index (χ4v) is 4.86. The van der Waals surface area contributed by atoms with Crippen LogP contribution in [0.2, 0.25) is 0 Å². The first-order valence-corrected chi connectivity index (χ1v) is 8.96. The number of piperidine rings is 1. The van der Waals surface area contributed by atoms with E-state index in [0.29, 0.717) is 6.54 Å². The van der Waals surface area contributed by atoms with E-state index in [1.54, 1.807) is 11.3 Å². The van der Waals surface area contributed by atoms with Crippen LogP contribution in [0.4, 0.5) is 0 Å². The molecule has 4 rings (SSSR count). The number of carbonyl (C=O) groups excluding carboxylic acids is 1. The summed E-state index contributed by atoms with van der Waals surface area (Å²) in [7, 11) is 0. The first-order chi connectivity index (χ1) is 10.6. The van der Waals surface area contributed by atoms with Gasteiger partial charge >= 0.3 is 0 Å². The molecule has 2 aromatic rings. The topological polar surface area (TPSA) is 41.1 Å². The summed E-state index contributed by atoms with van der Waals surface area (Å²) in [6.07, 6.45) is 3.33. The molecule has 1 saturated heterocycles. The van der Waals surface area contributed by atoms with E-state index in [2.05, 4.69) is 47.2 Å². The van der Waals surface area contributed by atoms with Crippen molar-refractivity contribution in [1.82, 2.24) is 10.6 Å². The molecule has 0 radical (unpaired) electrons. The Kier molecular flexibility index (Phi) is 4.43. The second-order valence-electron chi connectivity index (χ2n) is 7.01. The van der Waals surface area contributed by atoms with Crippen LogP contribution in [0.5, 0.6) is 0 Å². The van der Waals surface area contributed by atoms with E-state index in [9.17, 15) is 4.79 Å². The van der Waals surface area contributed by atoms with Gasteiger partial charge in [-0.05, 0) is 72.3 Å². The Morgan fingerprint density at radius 2 is 2.09 bits per heavy atom. The molecular weight excluding hydrogens is 328 g/mol. The fraction of sp³-hybridized carbons (Fsp3) is 0.500. The van der Waals surface area contributed by atoms with E-state index in [4.69, 9.17) is 0 Å². The van der Waals surface area contributed by atoms with E-state index in [1.807, 2.05) is 0 Å². The van der Waals surface area contributed by atoms with E-state index >= 15 is 0 Å². The van der Waals surface area contributed by atoms with Crippen LogP contribution < -0.4 is 10.6 Å². The van der Waals surface area contributed by atoms with Gasteiger partial charge in [0.25, 0.3) is 0 Å². The molecule has 5 heteroatoms. The lowest BCUT2D eigenvalue weighted by Crippen LogP contribution is -2.38. The van der Waals surface area contributed by atoms with Crippen molar-refractivity contribution in [2.45, 2.75) is 32.7 Å². The third kappa shape index (κ3) is 2.77. The van der Waals surface area contributed by atoms with E-state index in [0.717, 1.165) is 32.4 Å². The van der Waals surface area contributed by atoms with Crippen molar-refractivity contribution in [1.29, 1.82) is 0 Å². The Labute approximate surface area is 147 Å². The molecule has 124 valence electrons. The monoisotopic (exact) mass is 350 g/mol. The summed E-state index contributed by atoms with van der Waals surface area (Å²) in [5, 5.41) is 9.95. The lowest BCUT2D eigenvalue weighted by Gasteiger charge is -2.27. The molecule has 2 heterocycles. The standard InChI is InChI=1S/C18H22N2OS.ClH/c1-17(12-18(17)5-7-19-8-6-18)16(21)20-11-13-2-3-15-14(10-13)4-9-22-15;/h2-4,9-10,19H,5-8,11-12H2,1H3,(H,20,21);1H. The Balaban J connectivity index is 0.00000156. The largest absolute Gasteiger partial charge is 0.352 e. The highest BCUT2D eigenvalue weighted by atomic mass is 35.5. The number of hydrogen-bond acceptors (Lipinski definition) is 3. The molecule has 2 aliphatic rings. The maximum Gasteiger partial charge on any atom is 0.226 e. The number of fused-ring (bicyclic) bond motifs is 1. The van der Waals surface area contributed by atoms with E-state index in [-0.39, 0.29) is 29.1 Å². The fourth-order valence-electron chi connectivity index (χ4n) is 4.09. The van der Waals surface area contributed by atoms with Crippen molar-refractivity contribution in [3.8, 4) is 0 Å². The smallest absolute Gasteiger partial charge is 0.226 e. The molecule has 1 saturated carbocycles. The Bertz CT molecular complexity index is 723. The molecule has 23 heavy (non-hydrogen) atoms. The van der Waals surface area contributed by atoms with Gasteiger partial charge in [0, 0.05) is 11.2 Å². The Morgan fingerprint density at radius 1 is 1.30 bits per heavy atom. The first-order valence-electron chi connectivity index (χ1n) is 8.08. The zero-order chi connectivity index (χ0) is 15.2. The van der Waals surface area contributed by atoms with Crippen LogP contribution >= 0.6 is 23.7 Å². The van der Waals surface area contributed by atoms with Crippen LogP contribution in [0.3, 0.4) is 0 Å². The van der Waals surface area contributed by atoms with Crippen molar-refractivity contribution in [2.75, 3.05) is 13.1 Å². The van der Waals surface area contributed by atoms with Gasteiger partial charge in [0.15, 0.2) is 0 Å². The molecule has 1 amide bonds. The predicted octanol–water partition coefficient (Wildman–Crippen LogP) is 3.72. The van der Waals surface area contributed by atoms with Crippen molar-refractivity contribution in [3.63, 3.8) is 0 Å². The number of nitrogens with one attached hydrogen (secondary N) is 2. The Hall–Kier alpha value is -1.10. The maximum absolute atomic E-state index is 12.7. The molecule has 2 fully saturated rings. The van der Waals surface area contributed by atoms with Crippen LogP contribution in [0.15, 0.2) is 29.6 Å². The van der Waals surface area contributed by atoms with Gasteiger partial charge < -0.3 is 10.6 Å². The second kappa shape index (κ2) is 6.08.